The molecule has 1 aromatic carbocycles. The van der Waals surface area contributed by atoms with Crippen molar-refractivity contribution in [3.05, 3.63) is 50.8 Å². The van der Waals surface area contributed by atoms with E-state index in [2.05, 4.69) is 9.71 Å². The zero-order valence-corrected chi connectivity index (χ0v) is 14.3. The van der Waals surface area contributed by atoms with Crippen LogP contribution in [-0.4, -0.2) is 13.4 Å². The number of pyridine rings is 1. The lowest BCUT2D eigenvalue weighted by Crippen LogP contribution is -2.14. The highest BCUT2D eigenvalue weighted by Gasteiger charge is 2.16. The van der Waals surface area contributed by atoms with Gasteiger partial charge >= 0.3 is 0 Å². The lowest BCUT2D eigenvalue weighted by Gasteiger charge is -2.09. The fourth-order valence-corrected chi connectivity index (χ4v) is 3.71. The van der Waals surface area contributed by atoms with Crippen LogP contribution >= 0.6 is 34.2 Å². The molecule has 0 aliphatic heterocycles. The molecule has 106 valence electrons. The Morgan fingerprint density at radius 2 is 1.85 bits per heavy atom. The van der Waals surface area contributed by atoms with Crippen molar-refractivity contribution in [2.24, 2.45) is 0 Å². The zero-order chi connectivity index (χ0) is 14.8. The van der Waals surface area contributed by atoms with Crippen LogP contribution in [-0.2, 0) is 16.4 Å². The van der Waals surface area contributed by atoms with E-state index in [-0.39, 0.29) is 4.90 Å². The molecular weight excluding hydrogens is 411 g/mol. The molecule has 0 saturated heterocycles. The fourth-order valence-electron chi connectivity index (χ4n) is 1.60. The van der Waals surface area contributed by atoms with Crippen molar-refractivity contribution in [2.45, 2.75) is 18.2 Å². The number of nitrogens with zero attached hydrogens (tertiary/aromatic N) is 1. The molecule has 0 aliphatic carbocycles. The van der Waals surface area contributed by atoms with E-state index in [1.54, 1.807) is 36.4 Å². The molecule has 0 spiro atoms. The van der Waals surface area contributed by atoms with E-state index >= 15 is 0 Å². The van der Waals surface area contributed by atoms with Gasteiger partial charge in [0.05, 0.1) is 10.6 Å². The Morgan fingerprint density at radius 1 is 1.20 bits per heavy atom. The van der Waals surface area contributed by atoms with Crippen molar-refractivity contribution in [1.82, 2.24) is 4.98 Å². The number of nitrogens with one attached hydrogen (secondary N) is 1. The van der Waals surface area contributed by atoms with Crippen LogP contribution in [0.1, 0.15) is 12.5 Å². The summed E-state index contributed by atoms with van der Waals surface area (Å²) in [6.07, 6.45) is 0.868. The highest BCUT2D eigenvalue weighted by molar-refractivity contribution is 14.1. The average Bonchev–Trinajstić information content (AvgIpc) is 2.42. The molecule has 0 amide bonds. The number of benzene rings is 1. The van der Waals surface area contributed by atoms with Crippen molar-refractivity contribution in [3.8, 4) is 0 Å². The third kappa shape index (κ3) is 3.62. The highest BCUT2D eigenvalue weighted by atomic mass is 127. The Morgan fingerprint density at radius 3 is 2.40 bits per heavy atom. The first kappa shape index (κ1) is 15.5. The van der Waals surface area contributed by atoms with Gasteiger partial charge in [-0.25, -0.2) is 13.4 Å². The third-order valence-electron chi connectivity index (χ3n) is 2.70. The maximum absolute atomic E-state index is 12.3. The van der Waals surface area contributed by atoms with Crippen LogP contribution in [0, 0.1) is 3.70 Å². The van der Waals surface area contributed by atoms with E-state index in [1.165, 1.54) is 0 Å². The standard InChI is InChI=1S/C13H12ClIN2O2S/c1-2-9-3-5-10(6-4-9)20(18,19)17-11-7-8-12(14)16-13(11)15/h3-8,17H,2H2,1H3. The van der Waals surface area contributed by atoms with Crippen LogP contribution in [0.3, 0.4) is 0 Å². The van der Waals surface area contributed by atoms with Gasteiger partial charge in [-0.05, 0) is 58.8 Å². The van der Waals surface area contributed by atoms with Gasteiger partial charge in [-0.1, -0.05) is 30.7 Å². The third-order valence-corrected chi connectivity index (χ3v) is 5.12. The molecule has 1 N–H and O–H groups in total. The molecule has 0 saturated carbocycles. The molecule has 1 heterocycles. The minimum Gasteiger partial charge on any atom is -0.277 e. The van der Waals surface area contributed by atoms with E-state index in [1.807, 2.05) is 29.5 Å². The second-order valence-corrected chi connectivity index (χ2v) is 7.17. The zero-order valence-electron chi connectivity index (χ0n) is 10.6. The second kappa shape index (κ2) is 6.28. The number of sulfonamides is 1. The van der Waals surface area contributed by atoms with Crippen molar-refractivity contribution >= 4 is 49.9 Å². The molecule has 0 atom stereocenters. The summed E-state index contributed by atoms with van der Waals surface area (Å²) in [5.41, 5.74) is 1.50. The molecule has 20 heavy (non-hydrogen) atoms. The number of aromatic nitrogens is 1. The molecular formula is C13H12ClIN2O2S. The molecule has 2 aromatic rings. The van der Waals surface area contributed by atoms with Crippen LogP contribution in [0.4, 0.5) is 5.69 Å². The van der Waals surface area contributed by atoms with Gasteiger partial charge < -0.3 is 0 Å². The maximum atomic E-state index is 12.3. The predicted molar refractivity (Wildman–Crippen MR) is 88.6 cm³/mol. The quantitative estimate of drug-likeness (QED) is 0.604. The summed E-state index contributed by atoms with van der Waals surface area (Å²) in [5, 5.41) is 0.324. The molecule has 4 nitrogen and oxygen atoms in total. The molecule has 0 aliphatic rings. The highest BCUT2D eigenvalue weighted by Crippen LogP contribution is 2.22. The molecule has 2 rings (SSSR count). The molecule has 7 heteroatoms. The number of aryl methyl sites for hydroxylation is 1. The van der Waals surface area contributed by atoms with Gasteiger partial charge in [0, 0.05) is 0 Å². The van der Waals surface area contributed by atoms with Gasteiger partial charge in [-0.3, -0.25) is 4.72 Å². The molecule has 0 radical (unpaired) electrons. The molecule has 0 fully saturated rings. The SMILES string of the molecule is CCc1ccc(S(=O)(=O)Nc2ccc(Cl)nc2I)cc1. The number of halogens is 2. The monoisotopic (exact) mass is 422 g/mol. The van der Waals surface area contributed by atoms with E-state index in [9.17, 15) is 8.42 Å². The van der Waals surface area contributed by atoms with E-state index in [0.29, 0.717) is 14.5 Å². The van der Waals surface area contributed by atoms with Crippen molar-refractivity contribution in [2.75, 3.05) is 4.72 Å². The first-order chi connectivity index (χ1) is 9.42. The normalized spacial score (nSPS) is 11.3. The Balaban J connectivity index is 2.30. The summed E-state index contributed by atoms with van der Waals surface area (Å²) >= 11 is 7.68. The fraction of sp³-hybridized carbons (Fsp3) is 0.154. The first-order valence-electron chi connectivity index (χ1n) is 5.86. The van der Waals surface area contributed by atoms with Crippen LogP contribution < -0.4 is 4.72 Å². The number of hydrogen-bond donors (Lipinski definition) is 1. The Bertz CT molecular complexity index is 718. The largest absolute Gasteiger partial charge is 0.277 e. The van der Waals surface area contributed by atoms with Gasteiger partial charge in [0.1, 0.15) is 8.85 Å². The molecule has 1 aromatic heterocycles. The lowest BCUT2D eigenvalue weighted by molar-refractivity contribution is 0.601. The van der Waals surface area contributed by atoms with Crippen LogP contribution in [0.15, 0.2) is 41.3 Å². The number of rotatable bonds is 4. The molecule has 0 unspecified atom stereocenters. The number of hydrogen-bond acceptors (Lipinski definition) is 3. The van der Waals surface area contributed by atoms with Gasteiger partial charge in [0.25, 0.3) is 10.0 Å². The van der Waals surface area contributed by atoms with Gasteiger partial charge in [0.2, 0.25) is 0 Å². The summed E-state index contributed by atoms with van der Waals surface area (Å²) in [6.45, 7) is 2.02. The Hall–Kier alpha value is -0.860. The van der Waals surface area contributed by atoms with Crippen LogP contribution in [0.25, 0.3) is 0 Å². The lowest BCUT2D eigenvalue weighted by atomic mass is 10.2. The van der Waals surface area contributed by atoms with Crippen LogP contribution in [0.2, 0.25) is 5.15 Å². The molecule has 0 bridgehead atoms. The maximum Gasteiger partial charge on any atom is 0.261 e. The average molecular weight is 423 g/mol. The summed E-state index contributed by atoms with van der Waals surface area (Å²) in [7, 11) is -3.61. The smallest absolute Gasteiger partial charge is 0.261 e. The minimum atomic E-state index is -3.61. The van der Waals surface area contributed by atoms with Crippen molar-refractivity contribution < 1.29 is 8.42 Å². The van der Waals surface area contributed by atoms with Crippen molar-refractivity contribution in [3.63, 3.8) is 0 Å². The second-order valence-electron chi connectivity index (χ2n) is 4.08. The van der Waals surface area contributed by atoms with Gasteiger partial charge in [0.15, 0.2) is 0 Å². The van der Waals surface area contributed by atoms with Gasteiger partial charge in [-0.15, -0.1) is 0 Å². The van der Waals surface area contributed by atoms with Gasteiger partial charge in [-0.2, -0.15) is 0 Å². The van der Waals surface area contributed by atoms with E-state index < -0.39 is 10.0 Å². The van der Waals surface area contributed by atoms with Crippen LogP contribution in [0.5, 0.6) is 0 Å². The van der Waals surface area contributed by atoms with Crippen molar-refractivity contribution in [1.29, 1.82) is 0 Å². The number of anilines is 1. The first-order valence-corrected chi connectivity index (χ1v) is 8.80. The Kier molecular flexibility index (Phi) is 4.87. The Labute approximate surface area is 136 Å². The predicted octanol–water partition coefficient (Wildman–Crippen LogP) is 3.70. The summed E-state index contributed by atoms with van der Waals surface area (Å²) in [5.74, 6) is 0. The summed E-state index contributed by atoms with van der Waals surface area (Å²) < 4.78 is 27.5. The summed E-state index contributed by atoms with van der Waals surface area (Å²) in [4.78, 5) is 4.23. The van der Waals surface area contributed by atoms with E-state index in [4.69, 9.17) is 11.6 Å². The van der Waals surface area contributed by atoms with E-state index in [0.717, 1.165) is 12.0 Å². The summed E-state index contributed by atoms with van der Waals surface area (Å²) in [6, 6.07) is 9.94. The topological polar surface area (TPSA) is 59.1 Å². The minimum absolute atomic E-state index is 0.223.